The van der Waals surface area contributed by atoms with Gasteiger partial charge in [-0.3, -0.25) is 15.1 Å². The Labute approximate surface area is 144 Å². The first-order valence-electron chi connectivity index (χ1n) is 6.93. The highest BCUT2D eigenvalue weighted by Crippen LogP contribution is 2.37. The van der Waals surface area contributed by atoms with Crippen LogP contribution in [0.15, 0.2) is 48.7 Å². The molecule has 3 rings (SSSR count). The van der Waals surface area contributed by atoms with Crippen molar-refractivity contribution in [1.82, 2.24) is 4.98 Å². The van der Waals surface area contributed by atoms with Gasteiger partial charge in [-0.25, -0.2) is 0 Å². The summed E-state index contributed by atoms with van der Waals surface area (Å²) < 4.78 is 39.3. The second-order valence-corrected chi connectivity index (χ2v) is 5.51. The highest BCUT2D eigenvalue weighted by Gasteiger charge is 2.33. The zero-order valence-corrected chi connectivity index (χ0v) is 13.1. The number of fused-ring (bicyclic) bond motifs is 1. The van der Waals surface area contributed by atoms with Crippen LogP contribution in [0.4, 0.5) is 30.2 Å². The predicted octanol–water partition coefficient (Wildman–Crippen LogP) is 5.56. The number of rotatable bonds is 3. The van der Waals surface area contributed by atoms with Gasteiger partial charge in [0.05, 0.1) is 26.7 Å². The number of nitro benzene ring substituents is 1. The molecular formula is C16H9ClF3N3O2. The third-order valence-corrected chi connectivity index (χ3v) is 3.82. The van der Waals surface area contributed by atoms with Gasteiger partial charge in [0.1, 0.15) is 0 Å². The van der Waals surface area contributed by atoms with Crippen LogP contribution in [-0.2, 0) is 6.18 Å². The van der Waals surface area contributed by atoms with Crippen molar-refractivity contribution in [1.29, 1.82) is 0 Å². The van der Waals surface area contributed by atoms with Gasteiger partial charge in [-0.05, 0) is 18.2 Å². The van der Waals surface area contributed by atoms with Gasteiger partial charge in [0.2, 0.25) is 0 Å². The number of alkyl halides is 3. The summed E-state index contributed by atoms with van der Waals surface area (Å²) in [6.45, 7) is 0. The molecule has 0 aliphatic carbocycles. The molecule has 0 aliphatic heterocycles. The second kappa shape index (κ2) is 6.21. The number of anilines is 2. The molecule has 0 unspecified atom stereocenters. The molecular weight excluding hydrogens is 359 g/mol. The average molecular weight is 368 g/mol. The molecule has 0 fully saturated rings. The topological polar surface area (TPSA) is 68.1 Å². The van der Waals surface area contributed by atoms with Crippen LogP contribution in [0.5, 0.6) is 0 Å². The molecule has 1 N–H and O–H groups in total. The minimum absolute atomic E-state index is 0.0751. The first-order valence-corrected chi connectivity index (χ1v) is 7.31. The van der Waals surface area contributed by atoms with Crippen LogP contribution in [-0.4, -0.2) is 9.91 Å². The summed E-state index contributed by atoms with van der Waals surface area (Å²) in [5, 5.41) is 14.0. The summed E-state index contributed by atoms with van der Waals surface area (Å²) >= 11 is 6.02. The number of para-hydroxylation sites is 1. The van der Waals surface area contributed by atoms with Gasteiger partial charge < -0.3 is 5.32 Å². The molecule has 9 heteroatoms. The van der Waals surface area contributed by atoms with E-state index in [1.165, 1.54) is 36.5 Å². The lowest BCUT2D eigenvalue weighted by molar-refractivity contribution is -0.384. The molecule has 2 aromatic carbocycles. The molecule has 5 nitrogen and oxygen atoms in total. The molecule has 0 atom stereocenters. The number of nitro groups is 1. The monoisotopic (exact) mass is 367 g/mol. The second-order valence-electron chi connectivity index (χ2n) is 5.10. The molecule has 0 spiro atoms. The average Bonchev–Trinajstić information content (AvgIpc) is 2.55. The van der Waals surface area contributed by atoms with Crippen molar-refractivity contribution in [3.63, 3.8) is 0 Å². The van der Waals surface area contributed by atoms with Gasteiger partial charge in [0.15, 0.2) is 0 Å². The molecule has 3 aromatic rings. The Balaban J connectivity index is 2.07. The fourth-order valence-corrected chi connectivity index (χ4v) is 2.60. The zero-order chi connectivity index (χ0) is 18.2. The maximum Gasteiger partial charge on any atom is 0.418 e. The van der Waals surface area contributed by atoms with Crippen LogP contribution in [0, 0.1) is 10.1 Å². The predicted molar refractivity (Wildman–Crippen MR) is 88.1 cm³/mol. The van der Waals surface area contributed by atoms with E-state index in [2.05, 4.69) is 10.3 Å². The number of benzene rings is 2. The lowest BCUT2D eigenvalue weighted by atomic mass is 10.1. The van der Waals surface area contributed by atoms with E-state index in [1.807, 2.05) is 0 Å². The normalized spacial score (nSPS) is 11.5. The van der Waals surface area contributed by atoms with Crippen LogP contribution in [0.25, 0.3) is 10.9 Å². The quantitative estimate of drug-likeness (QED) is 0.486. The number of nitrogens with zero attached hydrogens (tertiary/aromatic N) is 2. The van der Waals surface area contributed by atoms with Crippen LogP contribution in [0.3, 0.4) is 0 Å². The number of halogens is 4. The lowest BCUT2D eigenvalue weighted by Gasteiger charge is -2.14. The highest BCUT2D eigenvalue weighted by atomic mass is 35.5. The van der Waals surface area contributed by atoms with Gasteiger partial charge in [-0.2, -0.15) is 13.2 Å². The van der Waals surface area contributed by atoms with E-state index in [9.17, 15) is 23.3 Å². The standard InChI is InChI=1S/C16H9ClF3N3O2/c17-12-8-9(23(24)25)4-5-14(12)22-13-6-7-21-15-10(13)2-1-3-11(15)16(18,19)20/h1-8H,(H,21,22). The third kappa shape index (κ3) is 3.34. The first-order chi connectivity index (χ1) is 11.8. The van der Waals surface area contributed by atoms with Gasteiger partial charge >= 0.3 is 6.18 Å². The van der Waals surface area contributed by atoms with E-state index in [1.54, 1.807) is 0 Å². The summed E-state index contributed by atoms with van der Waals surface area (Å²) in [6, 6.07) is 9.04. The largest absolute Gasteiger partial charge is 0.418 e. The minimum atomic E-state index is -4.53. The number of non-ortho nitro benzene ring substituents is 1. The summed E-state index contributed by atoms with van der Waals surface area (Å²) in [6.07, 6.45) is -3.28. The first kappa shape index (κ1) is 17.0. The molecule has 0 saturated heterocycles. The van der Waals surface area contributed by atoms with E-state index in [0.29, 0.717) is 11.4 Å². The van der Waals surface area contributed by atoms with Crippen LogP contribution in [0.2, 0.25) is 5.02 Å². The van der Waals surface area contributed by atoms with Crippen molar-refractivity contribution in [2.24, 2.45) is 0 Å². The minimum Gasteiger partial charge on any atom is -0.354 e. The summed E-state index contributed by atoms with van der Waals surface area (Å²) in [5.74, 6) is 0. The van der Waals surface area contributed by atoms with Crippen molar-refractivity contribution >= 4 is 39.6 Å². The fraction of sp³-hybridized carbons (Fsp3) is 0.0625. The number of aromatic nitrogens is 1. The van der Waals surface area contributed by atoms with E-state index in [0.717, 1.165) is 12.1 Å². The van der Waals surface area contributed by atoms with Crippen LogP contribution < -0.4 is 5.32 Å². The molecule has 0 bridgehead atoms. The summed E-state index contributed by atoms with van der Waals surface area (Å²) in [4.78, 5) is 14.0. The SMILES string of the molecule is O=[N+]([O-])c1ccc(Nc2ccnc3c(C(F)(F)F)cccc23)c(Cl)c1. The number of hydrogen-bond acceptors (Lipinski definition) is 4. The van der Waals surface area contributed by atoms with Crippen molar-refractivity contribution in [2.75, 3.05) is 5.32 Å². The Hall–Kier alpha value is -2.87. The summed E-state index contributed by atoms with van der Waals surface area (Å²) in [7, 11) is 0. The van der Waals surface area contributed by atoms with Gasteiger partial charge in [0.25, 0.3) is 5.69 Å². The van der Waals surface area contributed by atoms with Gasteiger partial charge in [-0.15, -0.1) is 0 Å². The Bertz CT molecular complexity index is 976. The van der Waals surface area contributed by atoms with Gasteiger partial charge in [0, 0.05) is 29.4 Å². The molecule has 0 saturated carbocycles. The maximum atomic E-state index is 13.1. The molecule has 25 heavy (non-hydrogen) atoms. The molecule has 0 amide bonds. The third-order valence-electron chi connectivity index (χ3n) is 3.51. The van der Waals surface area contributed by atoms with Crippen molar-refractivity contribution in [3.05, 3.63) is 69.4 Å². The Morgan fingerprint density at radius 3 is 2.52 bits per heavy atom. The zero-order valence-electron chi connectivity index (χ0n) is 12.3. The molecule has 0 aliphatic rings. The van der Waals surface area contributed by atoms with E-state index in [-0.39, 0.29) is 21.6 Å². The molecule has 0 radical (unpaired) electrons. The van der Waals surface area contributed by atoms with E-state index < -0.39 is 16.7 Å². The maximum absolute atomic E-state index is 13.1. The lowest BCUT2D eigenvalue weighted by Crippen LogP contribution is -2.07. The van der Waals surface area contributed by atoms with E-state index in [4.69, 9.17) is 11.6 Å². The Kier molecular flexibility index (Phi) is 4.22. The fourth-order valence-electron chi connectivity index (χ4n) is 2.38. The molecule has 128 valence electrons. The smallest absolute Gasteiger partial charge is 0.354 e. The van der Waals surface area contributed by atoms with Gasteiger partial charge in [-0.1, -0.05) is 23.7 Å². The Morgan fingerprint density at radius 1 is 1.12 bits per heavy atom. The molecule has 1 heterocycles. The van der Waals surface area contributed by atoms with Crippen molar-refractivity contribution in [3.8, 4) is 0 Å². The highest BCUT2D eigenvalue weighted by molar-refractivity contribution is 6.33. The molecule has 1 aromatic heterocycles. The van der Waals surface area contributed by atoms with Crippen LogP contribution >= 0.6 is 11.6 Å². The summed E-state index contributed by atoms with van der Waals surface area (Å²) in [5.41, 5.74) is -0.542. The Morgan fingerprint density at radius 2 is 1.88 bits per heavy atom. The number of hydrogen-bond donors (Lipinski definition) is 1. The number of pyridine rings is 1. The van der Waals surface area contributed by atoms with Crippen molar-refractivity contribution < 1.29 is 18.1 Å². The van der Waals surface area contributed by atoms with Crippen molar-refractivity contribution in [2.45, 2.75) is 6.18 Å². The number of nitrogens with one attached hydrogen (secondary N) is 1. The van der Waals surface area contributed by atoms with E-state index >= 15 is 0 Å². The van der Waals surface area contributed by atoms with Crippen LogP contribution in [0.1, 0.15) is 5.56 Å².